The fraction of sp³-hybridized carbons (Fsp3) is 0.400. The van der Waals surface area contributed by atoms with Crippen LogP contribution in [0.25, 0.3) is 0 Å². The van der Waals surface area contributed by atoms with Gasteiger partial charge in [-0.2, -0.15) is 0 Å². The van der Waals surface area contributed by atoms with E-state index in [9.17, 15) is 4.79 Å². The number of hydrazine groups is 1. The van der Waals surface area contributed by atoms with E-state index in [0.29, 0.717) is 17.9 Å². The maximum atomic E-state index is 11.6. The highest BCUT2D eigenvalue weighted by atomic mass is 16.5. The molecular weight excluding hydrogens is 208 g/mol. The summed E-state index contributed by atoms with van der Waals surface area (Å²) in [5.41, 5.74) is 2.88. The van der Waals surface area contributed by atoms with Crippen LogP contribution in [-0.2, 0) is 4.74 Å². The van der Waals surface area contributed by atoms with Crippen molar-refractivity contribution in [1.82, 2.24) is 10.3 Å². The Morgan fingerprint density at radius 2 is 2.38 bits per heavy atom. The van der Waals surface area contributed by atoms with E-state index in [-0.39, 0.29) is 12.0 Å². The van der Waals surface area contributed by atoms with E-state index in [1.54, 1.807) is 19.2 Å². The van der Waals surface area contributed by atoms with Gasteiger partial charge in [0.15, 0.2) is 0 Å². The molecule has 1 unspecified atom stereocenters. The molecule has 0 fully saturated rings. The predicted octanol–water partition coefficient (Wildman–Crippen LogP) is 0.132. The maximum absolute atomic E-state index is 11.6. The number of aromatic nitrogens is 1. The van der Waals surface area contributed by atoms with Crippen LogP contribution in [0.1, 0.15) is 17.3 Å². The molecule has 0 aromatic carbocycles. The third-order valence-corrected chi connectivity index (χ3v) is 2.13. The third-order valence-electron chi connectivity index (χ3n) is 2.13. The van der Waals surface area contributed by atoms with Gasteiger partial charge in [-0.1, -0.05) is 0 Å². The normalized spacial score (nSPS) is 11.9. The van der Waals surface area contributed by atoms with Crippen LogP contribution in [0.15, 0.2) is 18.3 Å². The Morgan fingerprint density at radius 3 is 2.88 bits per heavy atom. The van der Waals surface area contributed by atoms with E-state index in [1.165, 1.54) is 6.20 Å². The van der Waals surface area contributed by atoms with E-state index in [4.69, 9.17) is 10.6 Å². The van der Waals surface area contributed by atoms with Crippen molar-refractivity contribution in [2.24, 2.45) is 5.84 Å². The number of nitrogens with zero attached hydrogens (tertiary/aromatic N) is 1. The molecule has 16 heavy (non-hydrogen) atoms. The van der Waals surface area contributed by atoms with Gasteiger partial charge in [0.2, 0.25) is 0 Å². The van der Waals surface area contributed by atoms with Crippen molar-refractivity contribution in [2.45, 2.75) is 13.0 Å². The molecule has 0 aliphatic rings. The first-order valence-corrected chi connectivity index (χ1v) is 4.91. The summed E-state index contributed by atoms with van der Waals surface area (Å²) >= 11 is 0. The van der Waals surface area contributed by atoms with Crippen LogP contribution < -0.4 is 16.6 Å². The molecule has 0 aliphatic heterocycles. The summed E-state index contributed by atoms with van der Waals surface area (Å²) in [5, 5.41) is 2.73. The minimum Gasteiger partial charge on any atom is -0.380 e. The molecule has 6 nitrogen and oxygen atoms in total. The number of pyridine rings is 1. The number of amides is 1. The number of nitrogen functional groups attached to an aromatic ring is 1. The standard InChI is InChI=1S/C10H16N4O2/c1-7(16-2)5-13-10(15)8-3-4-9(14-11)12-6-8/h3-4,6-7H,5,11H2,1-2H3,(H,12,14)(H,13,15). The molecule has 88 valence electrons. The topological polar surface area (TPSA) is 89.3 Å². The number of rotatable bonds is 5. The fourth-order valence-electron chi connectivity index (χ4n) is 1.04. The lowest BCUT2D eigenvalue weighted by molar-refractivity contribution is 0.0870. The molecule has 0 bridgehead atoms. The second-order valence-corrected chi connectivity index (χ2v) is 3.33. The van der Waals surface area contributed by atoms with Crippen LogP contribution in [0.4, 0.5) is 5.82 Å². The van der Waals surface area contributed by atoms with E-state index in [2.05, 4.69) is 15.7 Å². The lowest BCUT2D eigenvalue weighted by atomic mass is 10.2. The van der Waals surface area contributed by atoms with Crippen LogP contribution in [0, 0.1) is 0 Å². The van der Waals surface area contributed by atoms with Crippen LogP contribution in [0.3, 0.4) is 0 Å². The molecule has 1 rings (SSSR count). The van der Waals surface area contributed by atoms with Gasteiger partial charge in [-0.05, 0) is 19.1 Å². The van der Waals surface area contributed by atoms with E-state index in [0.717, 1.165) is 0 Å². The van der Waals surface area contributed by atoms with Gasteiger partial charge in [0.1, 0.15) is 5.82 Å². The number of hydrogen-bond acceptors (Lipinski definition) is 5. The molecule has 0 aliphatic carbocycles. The van der Waals surface area contributed by atoms with Crippen LogP contribution in [0.2, 0.25) is 0 Å². The highest BCUT2D eigenvalue weighted by molar-refractivity contribution is 5.94. The van der Waals surface area contributed by atoms with Crippen molar-refractivity contribution in [2.75, 3.05) is 19.1 Å². The Bertz CT molecular complexity index is 339. The Kier molecular flexibility index (Phi) is 4.68. The van der Waals surface area contributed by atoms with Crippen LogP contribution in [-0.4, -0.2) is 30.6 Å². The number of ether oxygens (including phenoxy) is 1. The average molecular weight is 224 g/mol. The molecule has 1 heterocycles. The van der Waals surface area contributed by atoms with Gasteiger partial charge >= 0.3 is 0 Å². The first-order chi connectivity index (χ1) is 7.67. The number of methoxy groups -OCH3 is 1. The zero-order valence-electron chi connectivity index (χ0n) is 9.36. The fourth-order valence-corrected chi connectivity index (χ4v) is 1.04. The first-order valence-electron chi connectivity index (χ1n) is 4.91. The van der Waals surface area contributed by atoms with Gasteiger partial charge in [0.05, 0.1) is 11.7 Å². The van der Waals surface area contributed by atoms with E-state index >= 15 is 0 Å². The van der Waals surface area contributed by atoms with Crippen LogP contribution in [0.5, 0.6) is 0 Å². The van der Waals surface area contributed by atoms with Gasteiger partial charge in [0.25, 0.3) is 5.91 Å². The molecular formula is C10H16N4O2. The molecule has 4 N–H and O–H groups in total. The largest absolute Gasteiger partial charge is 0.380 e. The van der Waals surface area contributed by atoms with Crippen molar-refractivity contribution in [3.63, 3.8) is 0 Å². The lowest BCUT2D eigenvalue weighted by Gasteiger charge is -2.10. The van der Waals surface area contributed by atoms with Gasteiger partial charge in [-0.3, -0.25) is 4.79 Å². The summed E-state index contributed by atoms with van der Waals surface area (Å²) in [4.78, 5) is 15.5. The molecule has 1 aromatic rings. The third kappa shape index (κ3) is 3.48. The molecule has 1 atom stereocenters. The van der Waals surface area contributed by atoms with Crippen molar-refractivity contribution in [3.8, 4) is 0 Å². The predicted molar refractivity (Wildman–Crippen MR) is 60.9 cm³/mol. The quantitative estimate of drug-likeness (QED) is 0.488. The van der Waals surface area contributed by atoms with Crippen molar-refractivity contribution >= 4 is 11.7 Å². The molecule has 0 saturated heterocycles. The Labute approximate surface area is 94.2 Å². The van der Waals surface area contributed by atoms with Crippen molar-refractivity contribution < 1.29 is 9.53 Å². The Morgan fingerprint density at radius 1 is 1.62 bits per heavy atom. The van der Waals surface area contributed by atoms with Gasteiger partial charge in [-0.25, -0.2) is 10.8 Å². The summed E-state index contributed by atoms with van der Waals surface area (Å²) in [6.07, 6.45) is 1.45. The molecule has 0 spiro atoms. The van der Waals surface area contributed by atoms with Crippen molar-refractivity contribution in [1.29, 1.82) is 0 Å². The average Bonchev–Trinajstić information content (AvgIpc) is 2.35. The monoisotopic (exact) mass is 224 g/mol. The SMILES string of the molecule is COC(C)CNC(=O)c1ccc(NN)nc1. The minimum absolute atomic E-state index is 0.0121. The number of carbonyl (C=O) groups excluding carboxylic acids is 1. The summed E-state index contributed by atoms with van der Waals surface area (Å²) in [5.74, 6) is 5.50. The summed E-state index contributed by atoms with van der Waals surface area (Å²) in [6, 6.07) is 3.28. The summed E-state index contributed by atoms with van der Waals surface area (Å²) in [6.45, 7) is 2.34. The summed E-state index contributed by atoms with van der Waals surface area (Å²) in [7, 11) is 1.60. The highest BCUT2D eigenvalue weighted by Gasteiger charge is 2.07. The smallest absolute Gasteiger partial charge is 0.252 e. The molecule has 6 heteroatoms. The molecule has 0 radical (unpaired) electrons. The number of nitrogens with two attached hydrogens (primary N) is 1. The number of nitrogens with one attached hydrogen (secondary N) is 2. The zero-order valence-corrected chi connectivity index (χ0v) is 9.36. The van der Waals surface area contributed by atoms with Gasteiger partial charge in [0, 0.05) is 19.9 Å². The van der Waals surface area contributed by atoms with E-state index in [1.807, 2.05) is 6.92 Å². The second-order valence-electron chi connectivity index (χ2n) is 3.33. The molecule has 1 aromatic heterocycles. The maximum Gasteiger partial charge on any atom is 0.252 e. The minimum atomic E-state index is -0.181. The number of anilines is 1. The highest BCUT2D eigenvalue weighted by Crippen LogP contribution is 2.03. The Hall–Kier alpha value is -1.66. The first kappa shape index (κ1) is 12.4. The zero-order chi connectivity index (χ0) is 12.0. The molecule has 1 amide bonds. The van der Waals surface area contributed by atoms with Gasteiger partial charge in [-0.15, -0.1) is 0 Å². The summed E-state index contributed by atoms with van der Waals surface area (Å²) < 4.78 is 5.02. The Balaban J connectivity index is 2.52. The van der Waals surface area contributed by atoms with Gasteiger partial charge < -0.3 is 15.5 Å². The lowest BCUT2D eigenvalue weighted by Crippen LogP contribution is -2.31. The van der Waals surface area contributed by atoms with Crippen molar-refractivity contribution in [3.05, 3.63) is 23.9 Å². The number of carbonyl (C=O) groups is 1. The van der Waals surface area contributed by atoms with Crippen LogP contribution >= 0.6 is 0 Å². The van der Waals surface area contributed by atoms with E-state index < -0.39 is 0 Å². The molecule has 0 saturated carbocycles. The second kappa shape index (κ2) is 6.04. The number of hydrogen-bond donors (Lipinski definition) is 3.